The van der Waals surface area contributed by atoms with Crippen LogP contribution < -0.4 is 5.73 Å². The molecule has 4 nitrogen and oxygen atoms in total. The predicted octanol–water partition coefficient (Wildman–Crippen LogP) is 1.42. The van der Waals surface area contributed by atoms with Crippen LogP contribution in [0.15, 0.2) is 12.5 Å². The molecule has 2 N–H and O–H groups in total. The molecule has 4 heteroatoms. The fraction of sp³-hybridized carbons (Fsp3) is 0.769. The van der Waals surface area contributed by atoms with E-state index in [-0.39, 0.29) is 5.54 Å². The molecular formula is C13H24N4. The molecular weight excluding hydrogens is 212 g/mol. The van der Waals surface area contributed by atoms with Gasteiger partial charge in [-0.1, -0.05) is 6.92 Å². The van der Waals surface area contributed by atoms with Crippen LogP contribution in [0.1, 0.15) is 32.9 Å². The maximum Gasteiger partial charge on any atom is 0.0948 e. The highest BCUT2D eigenvalue weighted by atomic mass is 15.2. The molecule has 2 rings (SSSR count). The number of aromatic nitrogens is 2. The van der Waals surface area contributed by atoms with Gasteiger partial charge in [0.2, 0.25) is 0 Å². The van der Waals surface area contributed by atoms with E-state index in [4.69, 9.17) is 5.73 Å². The molecule has 17 heavy (non-hydrogen) atoms. The van der Waals surface area contributed by atoms with Crippen LogP contribution in [0.2, 0.25) is 0 Å². The highest BCUT2D eigenvalue weighted by Gasteiger charge is 2.24. The van der Waals surface area contributed by atoms with Crippen LogP contribution in [-0.4, -0.2) is 34.1 Å². The van der Waals surface area contributed by atoms with Gasteiger partial charge in [0.15, 0.2) is 0 Å². The van der Waals surface area contributed by atoms with Gasteiger partial charge in [-0.15, -0.1) is 0 Å². The second-order valence-corrected chi connectivity index (χ2v) is 5.70. The zero-order valence-electron chi connectivity index (χ0n) is 11.2. The zero-order chi connectivity index (χ0) is 12.5. The van der Waals surface area contributed by atoms with E-state index in [2.05, 4.69) is 21.4 Å². The summed E-state index contributed by atoms with van der Waals surface area (Å²) in [5.74, 6) is 0.741. The molecule has 1 unspecified atom stereocenters. The first-order chi connectivity index (χ1) is 8.00. The van der Waals surface area contributed by atoms with Gasteiger partial charge in [-0.05, 0) is 39.3 Å². The van der Waals surface area contributed by atoms with E-state index in [0.717, 1.165) is 24.7 Å². The standard InChI is InChI=1S/C13H24N4/c1-4-16-6-5-11(8-16)9-17-10-15-7-12(17)13(2,3)14/h7,10-11H,4-6,8-9,14H2,1-3H3. The lowest BCUT2D eigenvalue weighted by atomic mass is 10.0. The first-order valence-corrected chi connectivity index (χ1v) is 6.52. The van der Waals surface area contributed by atoms with Gasteiger partial charge in [-0.3, -0.25) is 0 Å². The quantitative estimate of drug-likeness (QED) is 0.860. The number of nitrogens with zero attached hydrogens (tertiary/aromatic N) is 3. The topological polar surface area (TPSA) is 47.1 Å². The SMILES string of the molecule is CCN1CCC(Cn2cncc2C(C)(C)N)C1. The van der Waals surface area contributed by atoms with Crippen LogP contribution in [0, 0.1) is 5.92 Å². The molecule has 1 atom stereocenters. The Morgan fingerprint density at radius 3 is 2.88 bits per heavy atom. The van der Waals surface area contributed by atoms with Crippen LogP contribution in [0.5, 0.6) is 0 Å². The molecule has 1 fully saturated rings. The van der Waals surface area contributed by atoms with Crippen molar-refractivity contribution in [3.05, 3.63) is 18.2 Å². The second kappa shape index (κ2) is 4.78. The molecule has 0 aromatic carbocycles. The highest BCUT2D eigenvalue weighted by Crippen LogP contribution is 2.21. The van der Waals surface area contributed by atoms with Crippen LogP contribution in [0.4, 0.5) is 0 Å². The minimum Gasteiger partial charge on any atom is -0.333 e. The second-order valence-electron chi connectivity index (χ2n) is 5.70. The van der Waals surface area contributed by atoms with E-state index < -0.39 is 0 Å². The average molecular weight is 236 g/mol. The molecule has 1 aliphatic heterocycles. The highest BCUT2D eigenvalue weighted by molar-refractivity contribution is 5.10. The van der Waals surface area contributed by atoms with Crippen molar-refractivity contribution < 1.29 is 0 Å². The summed E-state index contributed by atoms with van der Waals surface area (Å²) in [5, 5.41) is 0. The van der Waals surface area contributed by atoms with Crippen LogP contribution >= 0.6 is 0 Å². The maximum absolute atomic E-state index is 6.16. The van der Waals surface area contributed by atoms with Crippen molar-refractivity contribution in [3.63, 3.8) is 0 Å². The Morgan fingerprint density at radius 2 is 2.29 bits per heavy atom. The van der Waals surface area contributed by atoms with E-state index in [1.807, 2.05) is 26.4 Å². The van der Waals surface area contributed by atoms with Gasteiger partial charge < -0.3 is 15.2 Å². The third-order valence-electron chi connectivity index (χ3n) is 3.64. The summed E-state index contributed by atoms with van der Waals surface area (Å²) in [7, 11) is 0. The summed E-state index contributed by atoms with van der Waals surface area (Å²) in [6, 6.07) is 0. The Bertz CT molecular complexity index is 364. The maximum atomic E-state index is 6.16. The minimum absolute atomic E-state index is 0.306. The van der Waals surface area contributed by atoms with Crippen molar-refractivity contribution in [2.45, 2.75) is 39.3 Å². The molecule has 1 aromatic rings. The fourth-order valence-corrected chi connectivity index (χ4v) is 2.63. The number of likely N-dealkylation sites (tertiary alicyclic amines) is 1. The lowest BCUT2D eigenvalue weighted by molar-refractivity contribution is 0.329. The largest absolute Gasteiger partial charge is 0.333 e. The third-order valence-corrected chi connectivity index (χ3v) is 3.64. The van der Waals surface area contributed by atoms with Crippen molar-refractivity contribution in [1.29, 1.82) is 0 Å². The molecule has 0 amide bonds. The van der Waals surface area contributed by atoms with Crippen molar-refractivity contribution in [2.75, 3.05) is 19.6 Å². The molecule has 1 aliphatic rings. The fourth-order valence-electron chi connectivity index (χ4n) is 2.63. The first kappa shape index (κ1) is 12.6. The summed E-state index contributed by atoms with van der Waals surface area (Å²) < 4.78 is 2.23. The summed E-state index contributed by atoms with van der Waals surface area (Å²) in [4.78, 5) is 6.75. The van der Waals surface area contributed by atoms with Crippen molar-refractivity contribution in [1.82, 2.24) is 14.5 Å². The Balaban J connectivity index is 2.03. The molecule has 0 saturated carbocycles. The van der Waals surface area contributed by atoms with Gasteiger partial charge in [-0.2, -0.15) is 0 Å². The monoisotopic (exact) mass is 236 g/mol. The number of imidazole rings is 1. The Labute approximate surface area is 104 Å². The van der Waals surface area contributed by atoms with E-state index in [1.54, 1.807) is 0 Å². The van der Waals surface area contributed by atoms with Crippen molar-refractivity contribution >= 4 is 0 Å². The molecule has 0 bridgehead atoms. The Hall–Kier alpha value is -0.870. The van der Waals surface area contributed by atoms with Crippen molar-refractivity contribution in [2.24, 2.45) is 11.7 Å². The molecule has 2 heterocycles. The summed E-state index contributed by atoms with van der Waals surface area (Å²) >= 11 is 0. The number of nitrogens with two attached hydrogens (primary N) is 1. The number of hydrogen-bond acceptors (Lipinski definition) is 3. The van der Waals surface area contributed by atoms with Gasteiger partial charge in [0.1, 0.15) is 0 Å². The molecule has 0 radical (unpaired) electrons. The van der Waals surface area contributed by atoms with Gasteiger partial charge in [-0.25, -0.2) is 4.98 Å². The van der Waals surface area contributed by atoms with E-state index in [9.17, 15) is 0 Å². The van der Waals surface area contributed by atoms with Gasteiger partial charge in [0, 0.05) is 19.3 Å². The Morgan fingerprint density at radius 1 is 1.53 bits per heavy atom. The average Bonchev–Trinajstić information content (AvgIpc) is 2.85. The normalized spacial score (nSPS) is 22.2. The molecule has 96 valence electrons. The van der Waals surface area contributed by atoms with Gasteiger partial charge in [0.05, 0.1) is 17.6 Å². The molecule has 0 aliphatic carbocycles. The molecule has 0 spiro atoms. The lowest BCUT2D eigenvalue weighted by Crippen LogP contribution is -2.32. The lowest BCUT2D eigenvalue weighted by Gasteiger charge is -2.22. The first-order valence-electron chi connectivity index (χ1n) is 6.52. The molecule has 1 saturated heterocycles. The summed E-state index contributed by atoms with van der Waals surface area (Å²) in [6.45, 7) is 11.0. The summed E-state index contributed by atoms with van der Waals surface area (Å²) in [6.07, 6.45) is 5.10. The van der Waals surface area contributed by atoms with Crippen LogP contribution in [0.3, 0.4) is 0 Å². The van der Waals surface area contributed by atoms with E-state index >= 15 is 0 Å². The summed E-state index contributed by atoms with van der Waals surface area (Å²) in [5.41, 5.74) is 6.98. The third kappa shape index (κ3) is 2.87. The minimum atomic E-state index is -0.306. The van der Waals surface area contributed by atoms with E-state index in [1.165, 1.54) is 19.5 Å². The van der Waals surface area contributed by atoms with Crippen LogP contribution in [0.25, 0.3) is 0 Å². The molecule has 1 aromatic heterocycles. The number of hydrogen-bond donors (Lipinski definition) is 1. The smallest absolute Gasteiger partial charge is 0.0948 e. The number of rotatable bonds is 4. The van der Waals surface area contributed by atoms with Gasteiger partial charge in [0.25, 0.3) is 0 Å². The predicted molar refractivity (Wildman–Crippen MR) is 69.7 cm³/mol. The van der Waals surface area contributed by atoms with E-state index in [0.29, 0.717) is 0 Å². The zero-order valence-corrected chi connectivity index (χ0v) is 11.2. The van der Waals surface area contributed by atoms with Crippen molar-refractivity contribution in [3.8, 4) is 0 Å². The van der Waals surface area contributed by atoms with Crippen LogP contribution in [-0.2, 0) is 12.1 Å². The van der Waals surface area contributed by atoms with Gasteiger partial charge >= 0.3 is 0 Å². The Kier molecular flexibility index (Phi) is 3.54.